The van der Waals surface area contributed by atoms with Gasteiger partial charge >= 0.3 is 5.97 Å². The summed E-state index contributed by atoms with van der Waals surface area (Å²) in [5.41, 5.74) is 1.18. The van der Waals surface area contributed by atoms with Crippen LogP contribution in [0.5, 0.6) is 0 Å². The third-order valence-corrected chi connectivity index (χ3v) is 4.88. The smallest absolute Gasteiger partial charge is 0.318 e. The van der Waals surface area contributed by atoms with Gasteiger partial charge in [-0.15, -0.1) is 12.4 Å². The van der Waals surface area contributed by atoms with Crippen molar-refractivity contribution in [3.05, 3.63) is 35.9 Å². The summed E-state index contributed by atoms with van der Waals surface area (Å²) in [4.78, 5) is 13.0. The number of carbonyl (C=O) groups is 1. The zero-order valence-electron chi connectivity index (χ0n) is 13.5. The van der Waals surface area contributed by atoms with Crippen LogP contribution in [0, 0.1) is 0 Å². The number of morpholine rings is 1. The van der Waals surface area contributed by atoms with Crippen LogP contribution in [0.1, 0.15) is 5.56 Å². The Hall–Kier alpha value is -1.19. The summed E-state index contributed by atoms with van der Waals surface area (Å²) in [6.07, 6.45) is 0.682. The van der Waals surface area contributed by atoms with E-state index >= 15 is 0 Å². The van der Waals surface area contributed by atoms with Crippen molar-refractivity contribution in [1.29, 1.82) is 0 Å². The second-order valence-electron chi connectivity index (χ2n) is 5.66. The number of sulfonamides is 1. The van der Waals surface area contributed by atoms with Crippen LogP contribution in [0.2, 0.25) is 0 Å². The van der Waals surface area contributed by atoms with E-state index in [-0.39, 0.29) is 25.1 Å². The summed E-state index contributed by atoms with van der Waals surface area (Å²) in [6, 6.07) is 9.99. The van der Waals surface area contributed by atoms with E-state index in [0.29, 0.717) is 13.2 Å². The van der Waals surface area contributed by atoms with Gasteiger partial charge in [0.15, 0.2) is 0 Å². The number of hydrogen-bond donors (Lipinski definition) is 1. The number of aliphatic carboxylic acids is 1. The molecule has 1 fully saturated rings. The van der Waals surface area contributed by atoms with Crippen LogP contribution in [0.4, 0.5) is 0 Å². The minimum absolute atomic E-state index is 0. The Morgan fingerprint density at radius 1 is 1.38 bits per heavy atom. The molecule has 1 aliphatic rings. The van der Waals surface area contributed by atoms with Gasteiger partial charge in [-0.25, -0.2) is 8.42 Å². The zero-order chi connectivity index (χ0) is 16.9. The molecule has 1 N–H and O–H groups in total. The number of benzene rings is 1. The lowest BCUT2D eigenvalue weighted by atomic mass is 10.2. The Bertz CT molecular complexity index is 626. The Kier molecular flexibility index (Phi) is 8.11. The van der Waals surface area contributed by atoms with Crippen LogP contribution in [-0.2, 0) is 26.1 Å². The Morgan fingerprint density at radius 2 is 2.04 bits per heavy atom. The molecule has 1 saturated heterocycles. The van der Waals surface area contributed by atoms with Crippen molar-refractivity contribution >= 4 is 28.4 Å². The highest BCUT2D eigenvalue weighted by atomic mass is 35.5. The van der Waals surface area contributed by atoms with Crippen molar-refractivity contribution in [3.8, 4) is 0 Å². The van der Waals surface area contributed by atoms with Crippen LogP contribution >= 0.6 is 12.4 Å². The lowest BCUT2D eigenvalue weighted by Gasteiger charge is -2.34. The van der Waals surface area contributed by atoms with Crippen LogP contribution in [-0.4, -0.2) is 73.8 Å². The number of carboxylic acids is 1. The van der Waals surface area contributed by atoms with Gasteiger partial charge in [-0.2, -0.15) is 4.31 Å². The standard InChI is InChI=1S/C15H22N2O5S.ClH/c1-23(20,21)17(12-15(18)19)11-14-10-16(7-8-22-14)9-13-5-3-2-4-6-13;/h2-6,14H,7-12H2,1H3,(H,18,19);1H. The average molecular weight is 379 g/mol. The summed E-state index contributed by atoms with van der Waals surface area (Å²) in [5.74, 6) is -1.17. The Labute approximate surface area is 148 Å². The lowest BCUT2D eigenvalue weighted by Crippen LogP contribution is -2.49. The average Bonchev–Trinajstić information content (AvgIpc) is 2.46. The van der Waals surface area contributed by atoms with Crippen LogP contribution in [0.3, 0.4) is 0 Å². The summed E-state index contributed by atoms with van der Waals surface area (Å²) in [7, 11) is -3.58. The fourth-order valence-electron chi connectivity index (χ4n) is 2.57. The van der Waals surface area contributed by atoms with Gasteiger partial charge in [0.05, 0.1) is 19.0 Å². The Balaban J connectivity index is 0.00000288. The molecule has 0 saturated carbocycles. The topological polar surface area (TPSA) is 87.2 Å². The fourth-order valence-corrected chi connectivity index (χ4v) is 3.35. The maximum absolute atomic E-state index is 11.7. The molecule has 1 aromatic rings. The third-order valence-electron chi connectivity index (χ3n) is 3.66. The van der Waals surface area contributed by atoms with E-state index in [9.17, 15) is 13.2 Å². The molecule has 0 spiro atoms. The minimum Gasteiger partial charge on any atom is -0.480 e. The molecule has 0 aliphatic carbocycles. The minimum atomic E-state index is -3.58. The van der Waals surface area contributed by atoms with Gasteiger partial charge in [-0.05, 0) is 5.56 Å². The highest BCUT2D eigenvalue weighted by molar-refractivity contribution is 7.88. The van der Waals surface area contributed by atoms with Crippen LogP contribution < -0.4 is 0 Å². The van der Waals surface area contributed by atoms with Crippen molar-refractivity contribution in [2.75, 3.05) is 39.0 Å². The van der Waals surface area contributed by atoms with Gasteiger partial charge in [0.1, 0.15) is 6.54 Å². The molecule has 0 radical (unpaired) electrons. The molecular formula is C15H23ClN2O5S. The SMILES string of the molecule is CS(=O)(=O)N(CC(=O)O)CC1CN(Cc2ccccc2)CCO1.Cl. The first-order valence-electron chi connectivity index (χ1n) is 7.39. The molecule has 1 unspecified atom stereocenters. The van der Waals surface area contributed by atoms with E-state index in [2.05, 4.69) is 4.90 Å². The number of ether oxygens (including phenoxy) is 1. The lowest BCUT2D eigenvalue weighted by molar-refractivity contribution is -0.137. The molecule has 1 atom stereocenters. The van der Waals surface area contributed by atoms with E-state index in [1.807, 2.05) is 30.3 Å². The molecule has 1 heterocycles. The summed E-state index contributed by atoms with van der Waals surface area (Å²) in [6.45, 7) is 2.11. The Morgan fingerprint density at radius 3 is 2.62 bits per heavy atom. The molecule has 2 rings (SSSR count). The molecule has 0 bridgehead atoms. The maximum Gasteiger partial charge on any atom is 0.318 e. The molecule has 1 aromatic carbocycles. The predicted octanol–water partition coefficient (Wildman–Crippen LogP) is 0.655. The number of hydrogen-bond acceptors (Lipinski definition) is 5. The maximum atomic E-state index is 11.7. The van der Waals surface area contributed by atoms with Crippen LogP contribution in [0.15, 0.2) is 30.3 Å². The summed E-state index contributed by atoms with van der Waals surface area (Å²) >= 11 is 0. The molecule has 9 heteroatoms. The van der Waals surface area contributed by atoms with Crippen molar-refractivity contribution in [2.24, 2.45) is 0 Å². The molecule has 136 valence electrons. The van der Waals surface area contributed by atoms with E-state index in [4.69, 9.17) is 9.84 Å². The molecule has 7 nitrogen and oxygen atoms in total. The van der Waals surface area contributed by atoms with Gasteiger partial charge in [-0.3, -0.25) is 9.69 Å². The number of halogens is 1. The van der Waals surface area contributed by atoms with Gasteiger partial charge in [-0.1, -0.05) is 30.3 Å². The van der Waals surface area contributed by atoms with Crippen molar-refractivity contribution in [3.63, 3.8) is 0 Å². The first-order valence-corrected chi connectivity index (χ1v) is 9.24. The van der Waals surface area contributed by atoms with E-state index < -0.39 is 22.5 Å². The zero-order valence-corrected chi connectivity index (χ0v) is 15.1. The normalized spacial score (nSPS) is 19.0. The van der Waals surface area contributed by atoms with E-state index in [0.717, 1.165) is 23.7 Å². The molecule has 1 aliphatic heterocycles. The molecule has 0 aromatic heterocycles. The molecule has 0 amide bonds. The van der Waals surface area contributed by atoms with Gasteiger partial charge < -0.3 is 9.84 Å². The quantitative estimate of drug-likeness (QED) is 0.749. The number of nitrogens with zero attached hydrogens (tertiary/aromatic N) is 2. The summed E-state index contributed by atoms with van der Waals surface area (Å²) < 4.78 is 30.0. The van der Waals surface area contributed by atoms with Crippen molar-refractivity contribution in [2.45, 2.75) is 12.6 Å². The highest BCUT2D eigenvalue weighted by Gasteiger charge is 2.28. The highest BCUT2D eigenvalue weighted by Crippen LogP contribution is 2.12. The molecule has 24 heavy (non-hydrogen) atoms. The van der Waals surface area contributed by atoms with Crippen molar-refractivity contribution < 1.29 is 23.1 Å². The van der Waals surface area contributed by atoms with Crippen LogP contribution in [0.25, 0.3) is 0 Å². The van der Waals surface area contributed by atoms with Crippen molar-refractivity contribution in [1.82, 2.24) is 9.21 Å². The predicted molar refractivity (Wildman–Crippen MR) is 92.8 cm³/mol. The second kappa shape index (κ2) is 9.33. The largest absolute Gasteiger partial charge is 0.480 e. The first-order chi connectivity index (χ1) is 10.8. The third kappa shape index (κ3) is 6.74. The van der Waals surface area contributed by atoms with Gasteiger partial charge in [0, 0.05) is 26.2 Å². The monoisotopic (exact) mass is 378 g/mol. The van der Waals surface area contributed by atoms with E-state index in [1.54, 1.807) is 0 Å². The second-order valence-corrected chi connectivity index (χ2v) is 7.65. The summed E-state index contributed by atoms with van der Waals surface area (Å²) in [5, 5.41) is 8.87. The number of rotatable bonds is 7. The fraction of sp³-hybridized carbons (Fsp3) is 0.533. The molecular weight excluding hydrogens is 356 g/mol. The number of carboxylic acid groups (broad SMARTS) is 1. The van der Waals surface area contributed by atoms with E-state index in [1.165, 1.54) is 5.56 Å². The van der Waals surface area contributed by atoms with Gasteiger partial charge in [0.25, 0.3) is 0 Å². The first kappa shape index (κ1) is 20.9. The van der Waals surface area contributed by atoms with Gasteiger partial charge in [0.2, 0.25) is 10.0 Å².